The number of carbonyl (C=O) groups is 1. The zero-order chi connectivity index (χ0) is 14.5. The highest BCUT2D eigenvalue weighted by molar-refractivity contribution is 5.94. The van der Waals surface area contributed by atoms with Gasteiger partial charge in [-0.3, -0.25) is 4.79 Å². The number of carbonyl (C=O) groups excluding carboxylic acids is 1. The first-order chi connectivity index (χ1) is 8.89. The van der Waals surface area contributed by atoms with Crippen LogP contribution in [0, 0.1) is 11.2 Å². The zero-order valence-electron chi connectivity index (χ0n) is 11.6. The summed E-state index contributed by atoms with van der Waals surface area (Å²) in [5.74, 6) is -0.719. The monoisotopic (exact) mass is 268 g/mol. The molecule has 0 saturated heterocycles. The van der Waals surface area contributed by atoms with Crippen molar-refractivity contribution in [1.29, 1.82) is 0 Å². The molecule has 0 unspecified atom stereocenters. The van der Waals surface area contributed by atoms with Crippen molar-refractivity contribution in [3.8, 4) is 5.75 Å². The van der Waals surface area contributed by atoms with Crippen LogP contribution >= 0.6 is 0 Å². The molecule has 4 nitrogen and oxygen atoms in total. The molecule has 3 N–H and O–H groups in total. The van der Waals surface area contributed by atoms with Crippen LogP contribution in [0.15, 0.2) is 18.2 Å². The predicted molar refractivity (Wildman–Crippen MR) is 72.7 cm³/mol. The second-order valence-electron chi connectivity index (χ2n) is 5.23. The summed E-state index contributed by atoms with van der Waals surface area (Å²) >= 11 is 0. The molecular formula is C14H21FN2O2. The van der Waals surface area contributed by atoms with E-state index in [4.69, 9.17) is 10.5 Å². The summed E-state index contributed by atoms with van der Waals surface area (Å²) in [5, 5.41) is 2.79. The van der Waals surface area contributed by atoms with Crippen LogP contribution in [-0.2, 0) is 0 Å². The Morgan fingerprint density at radius 3 is 2.68 bits per heavy atom. The van der Waals surface area contributed by atoms with Crippen molar-refractivity contribution in [3.05, 3.63) is 29.6 Å². The Labute approximate surface area is 113 Å². The molecule has 5 heteroatoms. The number of ether oxygens (including phenoxy) is 1. The summed E-state index contributed by atoms with van der Waals surface area (Å²) in [6.07, 6.45) is 0.810. The standard InChI is InChI=1S/C14H21FN2O2/c1-14(2,6-7-16)9-17-13(18)10-4-5-12(19-3)11(15)8-10/h4-5,8H,6-7,9,16H2,1-3H3,(H,17,18). The molecule has 0 saturated carbocycles. The highest BCUT2D eigenvalue weighted by atomic mass is 19.1. The van der Waals surface area contributed by atoms with E-state index < -0.39 is 5.82 Å². The third-order valence-electron chi connectivity index (χ3n) is 2.96. The van der Waals surface area contributed by atoms with Crippen LogP contribution in [0.4, 0.5) is 4.39 Å². The molecule has 0 spiro atoms. The van der Waals surface area contributed by atoms with Gasteiger partial charge in [0.05, 0.1) is 7.11 Å². The third-order valence-corrected chi connectivity index (χ3v) is 2.96. The van der Waals surface area contributed by atoms with E-state index in [1.165, 1.54) is 25.3 Å². The van der Waals surface area contributed by atoms with Gasteiger partial charge in [0, 0.05) is 12.1 Å². The van der Waals surface area contributed by atoms with Gasteiger partial charge in [-0.2, -0.15) is 0 Å². The van der Waals surface area contributed by atoms with Crippen molar-refractivity contribution in [1.82, 2.24) is 5.32 Å². The van der Waals surface area contributed by atoms with Gasteiger partial charge in [0.2, 0.25) is 0 Å². The molecule has 0 aliphatic rings. The highest BCUT2D eigenvalue weighted by Crippen LogP contribution is 2.19. The first-order valence-corrected chi connectivity index (χ1v) is 6.21. The summed E-state index contributed by atoms with van der Waals surface area (Å²) in [6.45, 7) is 5.11. The molecule has 0 aromatic heterocycles. The lowest BCUT2D eigenvalue weighted by atomic mass is 9.89. The number of hydrogen-bond acceptors (Lipinski definition) is 3. The number of methoxy groups -OCH3 is 1. The Bertz CT molecular complexity index is 447. The number of halogens is 1. The topological polar surface area (TPSA) is 64.3 Å². The maximum absolute atomic E-state index is 13.5. The minimum absolute atomic E-state index is 0.0740. The zero-order valence-corrected chi connectivity index (χ0v) is 11.6. The van der Waals surface area contributed by atoms with Gasteiger partial charge in [0.1, 0.15) is 0 Å². The Kier molecular flexibility index (Phi) is 5.30. The van der Waals surface area contributed by atoms with Crippen LogP contribution in [0.1, 0.15) is 30.6 Å². The van der Waals surface area contributed by atoms with Crippen LogP contribution in [0.2, 0.25) is 0 Å². The molecule has 106 valence electrons. The number of nitrogens with two attached hydrogens (primary N) is 1. The number of nitrogens with one attached hydrogen (secondary N) is 1. The van der Waals surface area contributed by atoms with E-state index in [2.05, 4.69) is 5.32 Å². The number of amides is 1. The van der Waals surface area contributed by atoms with Crippen LogP contribution in [-0.4, -0.2) is 26.1 Å². The van der Waals surface area contributed by atoms with E-state index in [0.29, 0.717) is 13.1 Å². The Hall–Kier alpha value is -1.62. The normalized spacial score (nSPS) is 11.2. The van der Waals surface area contributed by atoms with Gasteiger partial charge in [-0.05, 0) is 36.6 Å². The molecule has 0 heterocycles. The van der Waals surface area contributed by atoms with Crippen molar-refractivity contribution in [2.75, 3.05) is 20.2 Å². The average molecular weight is 268 g/mol. The van der Waals surface area contributed by atoms with E-state index in [9.17, 15) is 9.18 Å². The molecule has 19 heavy (non-hydrogen) atoms. The number of benzene rings is 1. The second-order valence-corrected chi connectivity index (χ2v) is 5.23. The highest BCUT2D eigenvalue weighted by Gasteiger charge is 2.18. The SMILES string of the molecule is COc1ccc(C(=O)NCC(C)(C)CCN)cc1F. The Morgan fingerprint density at radius 2 is 2.16 bits per heavy atom. The molecule has 0 aliphatic heterocycles. The lowest BCUT2D eigenvalue weighted by Gasteiger charge is -2.24. The van der Waals surface area contributed by atoms with Crippen molar-refractivity contribution in [2.45, 2.75) is 20.3 Å². The fourth-order valence-corrected chi connectivity index (χ4v) is 1.71. The van der Waals surface area contributed by atoms with Gasteiger partial charge in [-0.25, -0.2) is 4.39 Å². The van der Waals surface area contributed by atoms with Crippen molar-refractivity contribution in [2.24, 2.45) is 11.1 Å². The van der Waals surface area contributed by atoms with Crippen LogP contribution < -0.4 is 15.8 Å². The quantitative estimate of drug-likeness (QED) is 0.828. The van der Waals surface area contributed by atoms with Crippen LogP contribution in [0.25, 0.3) is 0 Å². The third kappa shape index (κ3) is 4.52. The van der Waals surface area contributed by atoms with E-state index in [-0.39, 0.29) is 22.6 Å². The summed E-state index contributed by atoms with van der Waals surface area (Å²) < 4.78 is 18.3. The lowest BCUT2D eigenvalue weighted by Crippen LogP contribution is -2.35. The Morgan fingerprint density at radius 1 is 1.47 bits per heavy atom. The number of hydrogen-bond donors (Lipinski definition) is 2. The van der Waals surface area contributed by atoms with Crippen molar-refractivity contribution in [3.63, 3.8) is 0 Å². The van der Waals surface area contributed by atoms with E-state index in [1.807, 2.05) is 13.8 Å². The first-order valence-electron chi connectivity index (χ1n) is 6.21. The molecule has 0 bridgehead atoms. The van der Waals surface area contributed by atoms with Gasteiger partial charge in [0.15, 0.2) is 11.6 Å². The predicted octanol–water partition coefficient (Wildman–Crippen LogP) is 1.94. The van der Waals surface area contributed by atoms with Gasteiger partial charge < -0.3 is 15.8 Å². The smallest absolute Gasteiger partial charge is 0.251 e. The number of rotatable bonds is 6. The van der Waals surface area contributed by atoms with E-state index >= 15 is 0 Å². The molecule has 0 fully saturated rings. The minimum atomic E-state index is -0.545. The summed E-state index contributed by atoms with van der Waals surface area (Å²) in [6, 6.07) is 4.15. The largest absolute Gasteiger partial charge is 0.494 e. The van der Waals surface area contributed by atoms with Crippen molar-refractivity contribution < 1.29 is 13.9 Å². The van der Waals surface area contributed by atoms with Gasteiger partial charge in [-0.1, -0.05) is 13.8 Å². The molecule has 1 aromatic carbocycles. The summed E-state index contributed by atoms with van der Waals surface area (Å²) in [4.78, 5) is 11.9. The Balaban J connectivity index is 2.66. The molecule has 1 aromatic rings. The minimum Gasteiger partial charge on any atom is -0.494 e. The molecule has 0 aliphatic carbocycles. The second kappa shape index (κ2) is 6.52. The van der Waals surface area contributed by atoms with E-state index in [1.54, 1.807) is 0 Å². The average Bonchev–Trinajstić information content (AvgIpc) is 2.36. The van der Waals surface area contributed by atoms with Crippen molar-refractivity contribution >= 4 is 5.91 Å². The summed E-state index contributed by atoms with van der Waals surface area (Å²) in [5.41, 5.74) is 5.71. The maximum Gasteiger partial charge on any atom is 0.251 e. The maximum atomic E-state index is 13.5. The molecule has 0 radical (unpaired) electrons. The van der Waals surface area contributed by atoms with E-state index in [0.717, 1.165) is 6.42 Å². The molecule has 1 amide bonds. The van der Waals surface area contributed by atoms with Gasteiger partial charge in [-0.15, -0.1) is 0 Å². The fraction of sp³-hybridized carbons (Fsp3) is 0.500. The molecular weight excluding hydrogens is 247 g/mol. The van der Waals surface area contributed by atoms with Gasteiger partial charge in [0.25, 0.3) is 5.91 Å². The van der Waals surface area contributed by atoms with Crippen LogP contribution in [0.3, 0.4) is 0 Å². The van der Waals surface area contributed by atoms with Crippen LogP contribution in [0.5, 0.6) is 5.75 Å². The molecule has 1 rings (SSSR count). The fourth-order valence-electron chi connectivity index (χ4n) is 1.71. The molecule has 0 atom stereocenters. The first kappa shape index (κ1) is 15.4. The summed E-state index contributed by atoms with van der Waals surface area (Å²) in [7, 11) is 1.38. The lowest BCUT2D eigenvalue weighted by molar-refractivity contribution is 0.0934. The van der Waals surface area contributed by atoms with Gasteiger partial charge >= 0.3 is 0 Å².